The number of piperidine rings is 1. The number of aryl methyl sites for hydroxylation is 2. The highest BCUT2D eigenvalue weighted by atomic mass is 15.1. The minimum absolute atomic E-state index is 0.633. The van der Waals surface area contributed by atoms with Crippen LogP contribution < -0.4 is 5.32 Å². The van der Waals surface area contributed by atoms with Crippen molar-refractivity contribution in [2.24, 2.45) is 5.92 Å². The van der Waals surface area contributed by atoms with E-state index in [4.69, 9.17) is 0 Å². The number of aromatic amines is 1. The van der Waals surface area contributed by atoms with Crippen molar-refractivity contribution < 1.29 is 0 Å². The summed E-state index contributed by atoms with van der Waals surface area (Å²) in [5.41, 5.74) is 2.56. The van der Waals surface area contributed by atoms with Crippen LogP contribution in [0.4, 0.5) is 0 Å². The first-order chi connectivity index (χ1) is 9.16. The van der Waals surface area contributed by atoms with Gasteiger partial charge in [-0.3, -0.25) is 5.10 Å². The van der Waals surface area contributed by atoms with Gasteiger partial charge in [-0.25, -0.2) is 0 Å². The Morgan fingerprint density at radius 2 is 2.42 bits per heavy atom. The highest BCUT2D eigenvalue weighted by Crippen LogP contribution is 2.18. The largest absolute Gasteiger partial charge is 0.314 e. The van der Waals surface area contributed by atoms with E-state index >= 15 is 0 Å². The van der Waals surface area contributed by atoms with E-state index in [1.54, 1.807) is 0 Å². The first-order valence-electron chi connectivity index (χ1n) is 7.57. The Bertz CT molecular complexity index is 374. The Hall–Kier alpha value is -0.870. The molecule has 0 saturated carbocycles. The van der Waals surface area contributed by atoms with Crippen molar-refractivity contribution in [3.05, 3.63) is 17.5 Å². The zero-order valence-corrected chi connectivity index (χ0v) is 12.6. The molecule has 2 N–H and O–H groups in total. The van der Waals surface area contributed by atoms with E-state index in [0.717, 1.165) is 18.9 Å². The molecule has 2 unspecified atom stereocenters. The highest BCUT2D eigenvalue weighted by molar-refractivity contribution is 5.14. The molecular weight excluding hydrogens is 236 g/mol. The van der Waals surface area contributed by atoms with Crippen LogP contribution in [0.1, 0.15) is 37.4 Å². The predicted octanol–water partition coefficient (Wildman–Crippen LogP) is 1.97. The van der Waals surface area contributed by atoms with Crippen LogP contribution in [0.3, 0.4) is 0 Å². The van der Waals surface area contributed by atoms with Crippen molar-refractivity contribution in [3.8, 4) is 0 Å². The van der Waals surface area contributed by atoms with E-state index in [2.05, 4.69) is 41.3 Å². The van der Waals surface area contributed by atoms with E-state index in [1.165, 1.54) is 43.6 Å². The van der Waals surface area contributed by atoms with E-state index in [9.17, 15) is 0 Å². The standard InChI is InChI=1S/C15H28N4/c1-12(15-7-5-9-19(3)11-15)16-8-4-6-14-10-17-18-13(14)2/h10,12,15-16H,4-9,11H2,1-3H3,(H,17,18). The molecule has 2 atom stereocenters. The van der Waals surface area contributed by atoms with Crippen LogP contribution in [0.5, 0.6) is 0 Å². The lowest BCUT2D eigenvalue weighted by Gasteiger charge is -2.34. The monoisotopic (exact) mass is 264 g/mol. The van der Waals surface area contributed by atoms with Crippen LogP contribution in [0.25, 0.3) is 0 Å². The molecule has 1 saturated heterocycles. The number of likely N-dealkylation sites (tertiary alicyclic amines) is 1. The fourth-order valence-electron chi connectivity index (χ4n) is 3.02. The molecule has 1 aliphatic rings. The van der Waals surface area contributed by atoms with Crippen LogP contribution in [0, 0.1) is 12.8 Å². The number of nitrogens with one attached hydrogen (secondary N) is 2. The van der Waals surface area contributed by atoms with Gasteiger partial charge in [0.1, 0.15) is 0 Å². The first kappa shape index (κ1) is 14.5. The van der Waals surface area contributed by atoms with Gasteiger partial charge in [0.15, 0.2) is 0 Å². The topological polar surface area (TPSA) is 44.0 Å². The maximum Gasteiger partial charge on any atom is 0.0522 e. The second-order valence-corrected chi connectivity index (χ2v) is 6.03. The molecule has 0 radical (unpaired) electrons. The molecule has 0 amide bonds. The molecule has 19 heavy (non-hydrogen) atoms. The third kappa shape index (κ3) is 4.32. The van der Waals surface area contributed by atoms with E-state index in [0.29, 0.717) is 6.04 Å². The number of aromatic nitrogens is 2. The van der Waals surface area contributed by atoms with Gasteiger partial charge in [0, 0.05) is 18.3 Å². The number of hydrogen-bond acceptors (Lipinski definition) is 3. The van der Waals surface area contributed by atoms with Crippen molar-refractivity contribution in [2.45, 2.75) is 45.6 Å². The summed E-state index contributed by atoms with van der Waals surface area (Å²) in [7, 11) is 2.24. The Morgan fingerprint density at radius 3 is 3.11 bits per heavy atom. The van der Waals surface area contributed by atoms with Crippen LogP contribution in [-0.2, 0) is 6.42 Å². The van der Waals surface area contributed by atoms with Crippen LogP contribution in [0.15, 0.2) is 6.20 Å². The SMILES string of the molecule is Cc1[nH]ncc1CCCNC(C)C1CCCN(C)C1. The summed E-state index contributed by atoms with van der Waals surface area (Å²) in [6, 6.07) is 0.633. The molecule has 0 aliphatic carbocycles. The van der Waals surface area contributed by atoms with Gasteiger partial charge in [0.05, 0.1) is 6.20 Å². The number of nitrogens with zero attached hydrogens (tertiary/aromatic N) is 2. The van der Waals surface area contributed by atoms with Gasteiger partial charge in [-0.05, 0) is 71.1 Å². The third-order valence-electron chi connectivity index (χ3n) is 4.39. The molecular formula is C15H28N4. The predicted molar refractivity (Wildman–Crippen MR) is 79.3 cm³/mol. The van der Waals surface area contributed by atoms with Crippen LogP contribution in [0.2, 0.25) is 0 Å². The maximum atomic E-state index is 4.07. The molecule has 0 spiro atoms. The summed E-state index contributed by atoms with van der Waals surface area (Å²) in [6.07, 6.45) is 6.98. The van der Waals surface area contributed by atoms with E-state index in [1.807, 2.05) is 6.20 Å². The average Bonchev–Trinajstić information content (AvgIpc) is 2.80. The van der Waals surface area contributed by atoms with Gasteiger partial charge >= 0.3 is 0 Å². The number of H-pyrrole nitrogens is 1. The normalized spacial score (nSPS) is 22.6. The second kappa shape index (κ2) is 7.06. The molecule has 0 bridgehead atoms. The average molecular weight is 264 g/mol. The molecule has 0 aromatic carbocycles. The second-order valence-electron chi connectivity index (χ2n) is 6.03. The summed E-state index contributed by atoms with van der Waals surface area (Å²) in [5.74, 6) is 0.814. The molecule has 2 rings (SSSR count). The zero-order valence-electron chi connectivity index (χ0n) is 12.6. The molecule has 2 heterocycles. The Kier molecular flexibility index (Phi) is 5.40. The quantitative estimate of drug-likeness (QED) is 0.772. The molecule has 4 heteroatoms. The smallest absolute Gasteiger partial charge is 0.0522 e. The molecule has 108 valence electrons. The van der Waals surface area contributed by atoms with Gasteiger partial charge in [-0.1, -0.05) is 0 Å². The lowest BCUT2D eigenvalue weighted by atomic mass is 9.92. The van der Waals surface area contributed by atoms with Crippen molar-refractivity contribution in [2.75, 3.05) is 26.7 Å². The lowest BCUT2D eigenvalue weighted by Crippen LogP contribution is -2.43. The summed E-state index contributed by atoms with van der Waals surface area (Å²) in [4.78, 5) is 2.46. The molecule has 1 aromatic heterocycles. The summed E-state index contributed by atoms with van der Waals surface area (Å²) < 4.78 is 0. The van der Waals surface area contributed by atoms with Crippen molar-refractivity contribution in [1.29, 1.82) is 0 Å². The van der Waals surface area contributed by atoms with Gasteiger partial charge in [0.2, 0.25) is 0 Å². The third-order valence-corrected chi connectivity index (χ3v) is 4.39. The fraction of sp³-hybridized carbons (Fsp3) is 0.800. The Labute approximate surface area is 117 Å². The molecule has 4 nitrogen and oxygen atoms in total. The molecule has 1 aromatic rings. The van der Waals surface area contributed by atoms with Crippen molar-refractivity contribution in [1.82, 2.24) is 20.4 Å². The summed E-state index contributed by atoms with van der Waals surface area (Å²) >= 11 is 0. The summed E-state index contributed by atoms with van der Waals surface area (Å²) in [5, 5.41) is 10.8. The summed E-state index contributed by atoms with van der Waals surface area (Å²) in [6.45, 7) is 8.05. The van der Waals surface area contributed by atoms with E-state index in [-0.39, 0.29) is 0 Å². The minimum Gasteiger partial charge on any atom is -0.314 e. The highest BCUT2D eigenvalue weighted by Gasteiger charge is 2.22. The Morgan fingerprint density at radius 1 is 1.58 bits per heavy atom. The fourth-order valence-corrected chi connectivity index (χ4v) is 3.02. The first-order valence-corrected chi connectivity index (χ1v) is 7.57. The molecule has 1 fully saturated rings. The molecule has 1 aliphatic heterocycles. The van der Waals surface area contributed by atoms with Crippen LogP contribution in [-0.4, -0.2) is 47.8 Å². The van der Waals surface area contributed by atoms with Crippen LogP contribution >= 0.6 is 0 Å². The van der Waals surface area contributed by atoms with E-state index < -0.39 is 0 Å². The van der Waals surface area contributed by atoms with Gasteiger partial charge in [0.25, 0.3) is 0 Å². The zero-order chi connectivity index (χ0) is 13.7. The van der Waals surface area contributed by atoms with Gasteiger partial charge < -0.3 is 10.2 Å². The lowest BCUT2D eigenvalue weighted by molar-refractivity contribution is 0.179. The number of hydrogen-bond donors (Lipinski definition) is 2. The minimum atomic E-state index is 0.633. The van der Waals surface area contributed by atoms with Crippen molar-refractivity contribution >= 4 is 0 Å². The van der Waals surface area contributed by atoms with Gasteiger partial charge in [-0.15, -0.1) is 0 Å². The Balaban J connectivity index is 1.63. The van der Waals surface area contributed by atoms with Crippen molar-refractivity contribution in [3.63, 3.8) is 0 Å². The maximum absolute atomic E-state index is 4.07. The number of rotatable bonds is 6. The van der Waals surface area contributed by atoms with Gasteiger partial charge in [-0.2, -0.15) is 5.10 Å².